The largest absolute Gasteiger partial charge is 0.477 e. The van der Waals surface area contributed by atoms with E-state index in [0.29, 0.717) is 11.7 Å². The zero-order valence-corrected chi connectivity index (χ0v) is 9.18. The number of carbonyl (C=O) groups is 1. The van der Waals surface area contributed by atoms with E-state index in [-0.39, 0.29) is 5.69 Å². The molecule has 0 atom stereocenters. The number of imidazole rings is 1. The highest BCUT2D eigenvalue weighted by Gasteiger charge is 2.26. The summed E-state index contributed by atoms with van der Waals surface area (Å²) in [6.45, 7) is 0. The molecule has 0 bridgehead atoms. The van der Waals surface area contributed by atoms with Crippen molar-refractivity contribution in [1.82, 2.24) is 9.97 Å². The van der Waals surface area contributed by atoms with Gasteiger partial charge in [-0.2, -0.15) is 0 Å². The minimum atomic E-state index is -0.979. The highest BCUT2D eigenvalue weighted by atomic mass is 16.4. The van der Waals surface area contributed by atoms with Crippen LogP contribution in [-0.4, -0.2) is 21.0 Å². The van der Waals surface area contributed by atoms with Gasteiger partial charge in [-0.25, -0.2) is 9.78 Å². The Morgan fingerprint density at radius 1 is 1.35 bits per heavy atom. The topological polar surface area (TPSA) is 66.0 Å². The number of carboxylic acid groups (broad SMARTS) is 1. The van der Waals surface area contributed by atoms with Gasteiger partial charge in [-0.15, -0.1) is 0 Å². The molecule has 0 unspecified atom stereocenters. The first kappa shape index (κ1) is 10.1. The van der Waals surface area contributed by atoms with Gasteiger partial charge < -0.3 is 10.1 Å². The minimum Gasteiger partial charge on any atom is -0.477 e. The van der Waals surface area contributed by atoms with Crippen LogP contribution in [0.15, 0.2) is 30.5 Å². The normalized spacial score (nSPS) is 14.8. The summed E-state index contributed by atoms with van der Waals surface area (Å²) in [5, 5.41) is 8.86. The van der Waals surface area contributed by atoms with Crippen molar-refractivity contribution in [2.75, 3.05) is 0 Å². The van der Waals surface area contributed by atoms with Crippen molar-refractivity contribution < 1.29 is 9.90 Å². The number of benzene rings is 1. The molecule has 2 N–H and O–H groups in total. The Labute approximate surface area is 98.3 Å². The fraction of sp³-hybridized carbons (Fsp3) is 0.231. The smallest absolute Gasteiger partial charge is 0.353 e. The summed E-state index contributed by atoms with van der Waals surface area (Å²) in [7, 11) is 0. The van der Waals surface area contributed by atoms with Crippen LogP contribution in [0.3, 0.4) is 0 Å². The number of nitrogens with zero attached hydrogens (tertiary/aromatic N) is 1. The third kappa shape index (κ3) is 1.82. The zero-order chi connectivity index (χ0) is 11.8. The van der Waals surface area contributed by atoms with E-state index in [0.717, 1.165) is 5.56 Å². The fourth-order valence-electron chi connectivity index (χ4n) is 2.03. The Balaban J connectivity index is 2.05. The van der Waals surface area contributed by atoms with Crippen molar-refractivity contribution in [2.24, 2.45) is 0 Å². The van der Waals surface area contributed by atoms with E-state index in [1.54, 1.807) is 0 Å². The predicted octanol–water partition coefficient (Wildman–Crippen LogP) is 2.65. The molecular formula is C13H12N2O2. The third-order valence-electron chi connectivity index (χ3n) is 3.04. The molecule has 0 aliphatic heterocycles. The number of aromatic amines is 1. The number of aromatic carboxylic acids is 1. The number of aromatic nitrogens is 2. The molecule has 1 saturated carbocycles. The first-order chi connectivity index (χ1) is 8.25. The van der Waals surface area contributed by atoms with Crippen LogP contribution in [0.1, 0.15) is 34.8 Å². The molecule has 1 aromatic heterocycles. The van der Waals surface area contributed by atoms with Gasteiger partial charge in [0.05, 0.1) is 6.20 Å². The van der Waals surface area contributed by atoms with E-state index in [4.69, 9.17) is 5.11 Å². The fourth-order valence-corrected chi connectivity index (χ4v) is 2.03. The lowest BCUT2D eigenvalue weighted by atomic mass is 10.0. The van der Waals surface area contributed by atoms with E-state index in [9.17, 15) is 4.79 Å². The highest BCUT2D eigenvalue weighted by molar-refractivity contribution is 5.86. The summed E-state index contributed by atoms with van der Waals surface area (Å²) in [5.41, 5.74) is 2.41. The molecule has 0 saturated heterocycles. The monoisotopic (exact) mass is 228 g/mol. The van der Waals surface area contributed by atoms with Gasteiger partial charge in [0.25, 0.3) is 0 Å². The lowest BCUT2D eigenvalue weighted by Gasteiger charge is -2.05. The quantitative estimate of drug-likeness (QED) is 0.848. The van der Waals surface area contributed by atoms with Crippen LogP contribution in [0.4, 0.5) is 0 Å². The van der Waals surface area contributed by atoms with Gasteiger partial charge in [-0.05, 0) is 24.3 Å². The molecule has 0 radical (unpaired) electrons. The van der Waals surface area contributed by atoms with Gasteiger partial charge in [0, 0.05) is 5.56 Å². The second-order valence-electron chi connectivity index (χ2n) is 4.31. The second kappa shape index (κ2) is 3.73. The average Bonchev–Trinajstić information content (AvgIpc) is 3.06. The van der Waals surface area contributed by atoms with Crippen molar-refractivity contribution in [3.63, 3.8) is 0 Å². The van der Waals surface area contributed by atoms with Crippen molar-refractivity contribution in [3.05, 3.63) is 41.7 Å². The van der Waals surface area contributed by atoms with Gasteiger partial charge >= 0.3 is 5.97 Å². The first-order valence-electron chi connectivity index (χ1n) is 5.63. The van der Waals surface area contributed by atoms with Crippen molar-refractivity contribution in [3.8, 4) is 11.4 Å². The molecule has 1 aliphatic carbocycles. The van der Waals surface area contributed by atoms with E-state index in [1.807, 2.05) is 18.2 Å². The average molecular weight is 228 g/mol. The Morgan fingerprint density at radius 2 is 2.12 bits per heavy atom. The van der Waals surface area contributed by atoms with E-state index >= 15 is 0 Å². The van der Waals surface area contributed by atoms with Crippen LogP contribution in [-0.2, 0) is 0 Å². The first-order valence-corrected chi connectivity index (χ1v) is 5.63. The molecule has 0 amide bonds. The summed E-state index contributed by atoms with van der Waals surface area (Å²) in [6.07, 6.45) is 3.79. The lowest BCUT2D eigenvalue weighted by Crippen LogP contribution is -1.96. The molecule has 2 aromatic rings. The standard InChI is InChI=1S/C13H12N2O2/c16-13(17)11-7-14-12(15-11)10-4-2-1-3-9(10)8-5-6-8/h1-4,7-8H,5-6H2,(H,14,15)(H,16,17). The van der Waals surface area contributed by atoms with E-state index in [2.05, 4.69) is 16.0 Å². The number of rotatable bonds is 3. The molecule has 4 heteroatoms. The summed E-state index contributed by atoms with van der Waals surface area (Å²) >= 11 is 0. The van der Waals surface area contributed by atoms with Gasteiger partial charge in [0.2, 0.25) is 0 Å². The summed E-state index contributed by atoms with van der Waals surface area (Å²) in [4.78, 5) is 17.8. The Kier molecular flexibility index (Phi) is 2.21. The van der Waals surface area contributed by atoms with Crippen molar-refractivity contribution in [1.29, 1.82) is 0 Å². The Hall–Kier alpha value is -2.10. The van der Waals surface area contributed by atoms with Gasteiger partial charge in [-0.3, -0.25) is 0 Å². The third-order valence-corrected chi connectivity index (χ3v) is 3.04. The molecule has 1 heterocycles. The lowest BCUT2D eigenvalue weighted by molar-refractivity contribution is 0.0691. The van der Waals surface area contributed by atoms with Crippen molar-refractivity contribution >= 4 is 5.97 Å². The Morgan fingerprint density at radius 3 is 2.76 bits per heavy atom. The van der Waals surface area contributed by atoms with Gasteiger partial charge in [-0.1, -0.05) is 24.3 Å². The van der Waals surface area contributed by atoms with Crippen LogP contribution in [0.25, 0.3) is 11.4 Å². The predicted molar refractivity (Wildman–Crippen MR) is 63.0 cm³/mol. The maximum absolute atomic E-state index is 10.8. The molecule has 1 aromatic carbocycles. The molecule has 1 fully saturated rings. The van der Waals surface area contributed by atoms with E-state index < -0.39 is 5.97 Å². The van der Waals surface area contributed by atoms with Gasteiger partial charge in [0.1, 0.15) is 11.5 Å². The molecular weight excluding hydrogens is 216 g/mol. The SMILES string of the molecule is O=C(O)c1cnc(-c2ccccc2C2CC2)[nH]1. The number of carboxylic acids is 1. The number of hydrogen-bond donors (Lipinski definition) is 2. The summed E-state index contributed by atoms with van der Waals surface area (Å²) in [6, 6.07) is 8.04. The molecule has 0 spiro atoms. The summed E-state index contributed by atoms with van der Waals surface area (Å²) < 4.78 is 0. The maximum Gasteiger partial charge on any atom is 0.353 e. The molecule has 4 nitrogen and oxygen atoms in total. The molecule has 1 aliphatic rings. The molecule has 3 rings (SSSR count). The minimum absolute atomic E-state index is 0.130. The molecule has 17 heavy (non-hydrogen) atoms. The highest BCUT2D eigenvalue weighted by Crippen LogP contribution is 2.43. The van der Waals surface area contributed by atoms with E-state index in [1.165, 1.54) is 24.6 Å². The van der Waals surface area contributed by atoms with Gasteiger partial charge in [0.15, 0.2) is 0 Å². The summed E-state index contributed by atoms with van der Waals surface area (Å²) in [5.74, 6) is 0.280. The number of H-pyrrole nitrogens is 1. The number of hydrogen-bond acceptors (Lipinski definition) is 2. The van der Waals surface area contributed by atoms with Crippen molar-refractivity contribution in [2.45, 2.75) is 18.8 Å². The van der Waals surface area contributed by atoms with Crippen LogP contribution < -0.4 is 0 Å². The Bertz CT molecular complexity index is 570. The second-order valence-corrected chi connectivity index (χ2v) is 4.31. The number of nitrogens with one attached hydrogen (secondary N) is 1. The van der Waals surface area contributed by atoms with Crippen LogP contribution >= 0.6 is 0 Å². The zero-order valence-electron chi connectivity index (χ0n) is 9.18. The van der Waals surface area contributed by atoms with Crippen LogP contribution in [0.2, 0.25) is 0 Å². The maximum atomic E-state index is 10.8. The molecule has 86 valence electrons. The van der Waals surface area contributed by atoms with Crippen LogP contribution in [0, 0.1) is 0 Å². The van der Waals surface area contributed by atoms with Crippen LogP contribution in [0.5, 0.6) is 0 Å².